The predicted molar refractivity (Wildman–Crippen MR) is 134 cm³/mol. The maximum absolute atomic E-state index is 13.1. The smallest absolute Gasteiger partial charge is 0.336 e. The Bertz CT molecular complexity index is 1060. The first-order valence-corrected chi connectivity index (χ1v) is 12.1. The van der Waals surface area contributed by atoms with Gasteiger partial charge >= 0.3 is 6.18 Å². The van der Waals surface area contributed by atoms with Crippen LogP contribution in [0.2, 0.25) is 5.02 Å². The van der Waals surface area contributed by atoms with Crippen LogP contribution < -0.4 is 0 Å². The summed E-state index contributed by atoms with van der Waals surface area (Å²) in [6, 6.07) is 13.5. The number of alkyl halides is 3. The van der Waals surface area contributed by atoms with Crippen LogP contribution in [-0.2, 0) is 0 Å². The molecule has 0 aliphatic carbocycles. The minimum Gasteiger partial charge on any atom is -0.336 e. The maximum atomic E-state index is 13.1. The first kappa shape index (κ1) is 26.9. The monoisotopic (exact) mass is 506 g/mol. The molecule has 0 spiro atoms. The van der Waals surface area contributed by atoms with Crippen LogP contribution in [0.5, 0.6) is 0 Å². The number of amides is 1. The fourth-order valence-electron chi connectivity index (χ4n) is 4.24. The fraction of sp³-hybridized carbons (Fsp3) is 0.423. The molecule has 1 aliphatic rings. The van der Waals surface area contributed by atoms with E-state index in [1.165, 1.54) is 0 Å². The summed E-state index contributed by atoms with van der Waals surface area (Å²) in [6.07, 6.45) is -3.31. The van der Waals surface area contributed by atoms with Gasteiger partial charge in [0, 0.05) is 44.2 Å². The molecule has 0 atom stereocenters. The Labute approximate surface area is 209 Å². The molecule has 1 heterocycles. The van der Waals surface area contributed by atoms with Gasteiger partial charge < -0.3 is 10.3 Å². The highest BCUT2D eigenvalue weighted by Gasteiger charge is 2.35. The second kappa shape index (κ2) is 11.8. The van der Waals surface area contributed by atoms with Gasteiger partial charge in [0.1, 0.15) is 5.71 Å². The van der Waals surface area contributed by atoms with Crippen LogP contribution in [0.25, 0.3) is 0 Å². The van der Waals surface area contributed by atoms with E-state index >= 15 is 0 Å². The Morgan fingerprint density at radius 3 is 2.11 bits per heavy atom. The van der Waals surface area contributed by atoms with Crippen LogP contribution in [-0.4, -0.2) is 65.5 Å². The molecule has 0 bridgehead atoms. The molecule has 5 nitrogen and oxygen atoms in total. The van der Waals surface area contributed by atoms with E-state index in [1.807, 2.05) is 4.90 Å². The summed E-state index contributed by atoms with van der Waals surface area (Å²) < 4.78 is 39.2. The van der Waals surface area contributed by atoms with Crippen molar-refractivity contribution >= 4 is 34.6 Å². The summed E-state index contributed by atoms with van der Waals surface area (Å²) in [4.78, 5) is 21.6. The molecule has 0 radical (unpaired) electrons. The Morgan fingerprint density at radius 2 is 1.57 bits per heavy atom. The van der Waals surface area contributed by atoms with Crippen molar-refractivity contribution in [1.82, 2.24) is 9.80 Å². The van der Waals surface area contributed by atoms with Crippen LogP contribution >= 0.6 is 11.6 Å². The molecule has 35 heavy (non-hydrogen) atoms. The zero-order valence-electron chi connectivity index (χ0n) is 19.9. The number of para-hydroxylation sites is 1. The quantitative estimate of drug-likeness (QED) is 0.422. The largest absolute Gasteiger partial charge is 0.429 e. The second-order valence-corrected chi connectivity index (χ2v) is 8.95. The Kier molecular flexibility index (Phi) is 9.08. The molecule has 0 aromatic heterocycles. The Balaban J connectivity index is 1.79. The summed E-state index contributed by atoms with van der Waals surface area (Å²) in [6.45, 7) is 7.27. The molecule has 1 fully saturated rings. The van der Waals surface area contributed by atoms with Gasteiger partial charge in [-0.3, -0.25) is 14.7 Å². The van der Waals surface area contributed by atoms with E-state index in [-0.39, 0.29) is 11.6 Å². The van der Waals surface area contributed by atoms with E-state index in [2.05, 4.69) is 23.7 Å². The Hall–Kier alpha value is -2.71. The minimum atomic E-state index is -4.76. The highest BCUT2D eigenvalue weighted by molar-refractivity contribution is 6.33. The maximum Gasteiger partial charge on any atom is 0.429 e. The van der Waals surface area contributed by atoms with E-state index in [9.17, 15) is 18.0 Å². The van der Waals surface area contributed by atoms with Crippen LogP contribution in [0, 0.1) is 5.41 Å². The lowest BCUT2D eigenvalue weighted by molar-refractivity contribution is -0.0605. The van der Waals surface area contributed by atoms with Gasteiger partial charge in [-0.1, -0.05) is 49.7 Å². The second-order valence-electron chi connectivity index (χ2n) is 8.54. The highest BCUT2D eigenvalue weighted by atomic mass is 35.5. The fourth-order valence-corrected chi connectivity index (χ4v) is 4.42. The number of aliphatic imine (C=N–C) groups is 1. The molecule has 188 valence electrons. The molecule has 2 aromatic carbocycles. The number of hydrogen-bond donors (Lipinski definition) is 1. The number of rotatable bonds is 8. The SMILES string of the molecule is CCC(CC)N1CCN(C(=O)c2ccc(C(CC(=N)C(F)(F)F)=Nc3ccccc3Cl)cc2)CC1. The lowest BCUT2D eigenvalue weighted by Crippen LogP contribution is -2.51. The number of carbonyl (C=O) groups excluding carboxylic acids is 1. The molecular weight excluding hydrogens is 477 g/mol. The van der Waals surface area contributed by atoms with Crippen LogP contribution in [0.3, 0.4) is 0 Å². The number of carbonyl (C=O) groups is 1. The molecule has 0 saturated carbocycles. The summed E-state index contributed by atoms with van der Waals surface area (Å²) in [7, 11) is 0. The highest BCUT2D eigenvalue weighted by Crippen LogP contribution is 2.27. The van der Waals surface area contributed by atoms with Crippen molar-refractivity contribution in [2.24, 2.45) is 4.99 Å². The normalized spacial score (nSPS) is 15.5. The average molecular weight is 507 g/mol. The van der Waals surface area contributed by atoms with Gasteiger partial charge in [0.2, 0.25) is 0 Å². The molecule has 0 unspecified atom stereocenters. The summed E-state index contributed by atoms with van der Waals surface area (Å²) >= 11 is 6.15. The first-order chi connectivity index (χ1) is 16.6. The van der Waals surface area contributed by atoms with Crippen LogP contribution in [0.15, 0.2) is 53.5 Å². The number of piperazine rings is 1. The zero-order chi connectivity index (χ0) is 25.6. The number of benzene rings is 2. The van der Waals surface area contributed by atoms with Crippen molar-refractivity contribution in [1.29, 1.82) is 5.41 Å². The average Bonchev–Trinajstić information content (AvgIpc) is 2.85. The number of nitrogens with one attached hydrogen (secondary N) is 1. The number of hydrogen-bond acceptors (Lipinski definition) is 4. The molecule has 2 aromatic rings. The van der Waals surface area contributed by atoms with Crippen molar-refractivity contribution in [3.05, 3.63) is 64.7 Å². The summed E-state index contributed by atoms with van der Waals surface area (Å²) in [5.74, 6) is -0.103. The van der Waals surface area contributed by atoms with Gasteiger partial charge in [-0.25, -0.2) is 0 Å². The van der Waals surface area contributed by atoms with Crippen molar-refractivity contribution in [3.63, 3.8) is 0 Å². The number of nitrogens with zero attached hydrogens (tertiary/aromatic N) is 3. The third kappa shape index (κ3) is 6.92. The molecular formula is C26H30ClF3N4O. The zero-order valence-corrected chi connectivity index (χ0v) is 20.7. The third-order valence-corrected chi connectivity index (χ3v) is 6.64. The van der Waals surface area contributed by atoms with Crippen molar-refractivity contribution in [3.8, 4) is 0 Å². The summed E-state index contributed by atoms with van der Waals surface area (Å²) in [5, 5.41) is 7.75. The molecule has 1 saturated heterocycles. The number of halogens is 4. The standard InChI is InChI=1S/C26H30ClF3N4O/c1-3-20(4-2)33-13-15-34(16-14-33)25(35)19-11-9-18(10-12-19)23(17-24(31)26(28,29)30)32-22-8-6-5-7-21(22)27/h5-12,20,31H,3-4,13-17H2,1-2H3. The van der Waals surface area contributed by atoms with E-state index in [4.69, 9.17) is 17.0 Å². The van der Waals surface area contributed by atoms with Gasteiger partial charge in [-0.15, -0.1) is 0 Å². The van der Waals surface area contributed by atoms with Crippen molar-refractivity contribution < 1.29 is 18.0 Å². The van der Waals surface area contributed by atoms with Crippen molar-refractivity contribution in [2.45, 2.75) is 45.3 Å². The van der Waals surface area contributed by atoms with E-state index in [0.717, 1.165) is 25.9 Å². The summed E-state index contributed by atoms with van der Waals surface area (Å²) in [5.41, 5.74) is -0.173. The van der Waals surface area contributed by atoms with E-state index < -0.39 is 18.3 Å². The first-order valence-electron chi connectivity index (χ1n) is 11.7. The van der Waals surface area contributed by atoms with Gasteiger partial charge in [0.05, 0.1) is 16.4 Å². The predicted octanol–water partition coefficient (Wildman–Crippen LogP) is 6.38. The Morgan fingerprint density at radius 1 is 1.00 bits per heavy atom. The van der Waals surface area contributed by atoms with Gasteiger partial charge in [0.25, 0.3) is 5.91 Å². The van der Waals surface area contributed by atoms with Crippen LogP contribution in [0.4, 0.5) is 18.9 Å². The molecule has 1 aliphatic heterocycles. The molecule has 1 amide bonds. The van der Waals surface area contributed by atoms with Crippen molar-refractivity contribution in [2.75, 3.05) is 26.2 Å². The third-order valence-electron chi connectivity index (χ3n) is 6.32. The molecule has 3 rings (SSSR count). The minimum absolute atomic E-state index is 0.0539. The van der Waals surface area contributed by atoms with Gasteiger partial charge in [-0.05, 0) is 42.7 Å². The van der Waals surface area contributed by atoms with E-state index in [1.54, 1.807) is 48.5 Å². The van der Waals surface area contributed by atoms with Gasteiger partial charge in [-0.2, -0.15) is 13.2 Å². The lowest BCUT2D eigenvalue weighted by atomic mass is 10.0. The molecule has 1 N–H and O–H groups in total. The topological polar surface area (TPSA) is 59.8 Å². The van der Waals surface area contributed by atoms with Crippen LogP contribution in [0.1, 0.15) is 49.0 Å². The lowest BCUT2D eigenvalue weighted by Gasteiger charge is -2.38. The van der Waals surface area contributed by atoms with E-state index in [0.29, 0.717) is 41.0 Å². The molecule has 9 heteroatoms. The van der Waals surface area contributed by atoms with Gasteiger partial charge in [0.15, 0.2) is 0 Å².